The Bertz CT molecular complexity index is 385. The summed E-state index contributed by atoms with van der Waals surface area (Å²) in [5, 5.41) is 9.11. The van der Waals surface area contributed by atoms with Crippen LogP contribution in [0.25, 0.3) is 0 Å². The van der Waals surface area contributed by atoms with Gasteiger partial charge in [0, 0.05) is 5.56 Å². The van der Waals surface area contributed by atoms with E-state index in [0.29, 0.717) is 5.56 Å². The van der Waals surface area contributed by atoms with E-state index in [1.165, 1.54) is 13.2 Å². The fourth-order valence-electron chi connectivity index (χ4n) is 0.874. The number of rotatable bonds is 1. The van der Waals surface area contributed by atoms with E-state index in [2.05, 4.69) is 16.6 Å². The zero-order valence-corrected chi connectivity index (χ0v) is 7.78. The first-order valence-electron chi connectivity index (χ1n) is 4.07. The van der Waals surface area contributed by atoms with Gasteiger partial charge >= 0.3 is 5.97 Å². The number of carbonyl (C=O) groups is 1. The van der Waals surface area contributed by atoms with Crippen molar-refractivity contribution in [3.05, 3.63) is 29.8 Å². The molecule has 1 rings (SSSR count). The Balaban J connectivity index is 2.64. The Kier molecular flexibility index (Phi) is 3.57. The molecule has 0 bridgehead atoms. The molecule has 72 valence electrons. The third-order valence-corrected chi connectivity index (χ3v) is 1.54. The minimum atomic E-state index is -0.363. The minimum absolute atomic E-state index is 0.0617. The number of esters is 1. The molecule has 0 amide bonds. The Hall–Kier alpha value is -1.95. The third-order valence-electron chi connectivity index (χ3n) is 1.54. The van der Waals surface area contributed by atoms with Crippen LogP contribution in [-0.2, 0) is 9.53 Å². The summed E-state index contributed by atoms with van der Waals surface area (Å²) in [6.07, 6.45) is 0.0617. The van der Waals surface area contributed by atoms with Crippen LogP contribution in [0.5, 0.6) is 5.75 Å². The molecule has 0 unspecified atom stereocenters. The lowest BCUT2D eigenvalue weighted by Gasteiger charge is -1.92. The second kappa shape index (κ2) is 4.93. The number of phenolic OH excluding ortho intramolecular Hbond substituents is 1. The fraction of sp³-hybridized carbons (Fsp3) is 0.182. The highest BCUT2D eigenvalue weighted by molar-refractivity contribution is 5.72. The Morgan fingerprint density at radius 1 is 1.57 bits per heavy atom. The molecule has 0 aromatic heterocycles. The molecule has 0 heterocycles. The quantitative estimate of drug-likeness (QED) is 0.536. The van der Waals surface area contributed by atoms with Crippen LogP contribution in [0, 0.1) is 11.8 Å². The maximum absolute atomic E-state index is 10.7. The normalized spacial score (nSPS) is 8.64. The van der Waals surface area contributed by atoms with Crippen LogP contribution in [0.3, 0.4) is 0 Å². The van der Waals surface area contributed by atoms with E-state index in [1.54, 1.807) is 18.2 Å². The maximum Gasteiger partial charge on any atom is 0.317 e. The lowest BCUT2D eigenvalue weighted by Crippen LogP contribution is -1.96. The third kappa shape index (κ3) is 3.20. The average molecular weight is 190 g/mol. The molecule has 1 N–H and O–H groups in total. The van der Waals surface area contributed by atoms with Gasteiger partial charge in [-0.05, 0) is 18.2 Å². The van der Waals surface area contributed by atoms with Crippen molar-refractivity contribution in [2.24, 2.45) is 0 Å². The van der Waals surface area contributed by atoms with Crippen molar-refractivity contribution >= 4 is 5.97 Å². The number of hydrogen-bond acceptors (Lipinski definition) is 3. The van der Waals surface area contributed by atoms with Gasteiger partial charge in [0.15, 0.2) is 0 Å². The van der Waals surface area contributed by atoms with Gasteiger partial charge in [0.2, 0.25) is 0 Å². The summed E-state index contributed by atoms with van der Waals surface area (Å²) in [4.78, 5) is 10.7. The van der Waals surface area contributed by atoms with Gasteiger partial charge in [-0.3, -0.25) is 4.79 Å². The minimum Gasteiger partial charge on any atom is -0.508 e. The smallest absolute Gasteiger partial charge is 0.317 e. The second-order valence-corrected chi connectivity index (χ2v) is 2.61. The molecule has 0 aliphatic carbocycles. The van der Waals surface area contributed by atoms with Crippen LogP contribution in [0.4, 0.5) is 0 Å². The van der Waals surface area contributed by atoms with Crippen molar-refractivity contribution in [2.45, 2.75) is 6.42 Å². The highest BCUT2D eigenvalue weighted by Crippen LogP contribution is 2.09. The van der Waals surface area contributed by atoms with Gasteiger partial charge < -0.3 is 9.84 Å². The maximum atomic E-state index is 10.7. The SMILES string of the molecule is COC(=O)CC#Cc1cccc(O)c1. The monoisotopic (exact) mass is 190 g/mol. The highest BCUT2D eigenvalue weighted by Gasteiger charge is 1.93. The molecule has 0 aliphatic rings. The highest BCUT2D eigenvalue weighted by atomic mass is 16.5. The van der Waals surface area contributed by atoms with E-state index in [-0.39, 0.29) is 18.1 Å². The van der Waals surface area contributed by atoms with Crippen molar-refractivity contribution in [3.63, 3.8) is 0 Å². The van der Waals surface area contributed by atoms with Crippen LogP contribution in [0.2, 0.25) is 0 Å². The molecule has 3 nitrogen and oxygen atoms in total. The van der Waals surface area contributed by atoms with Gasteiger partial charge in [-0.15, -0.1) is 0 Å². The van der Waals surface area contributed by atoms with Gasteiger partial charge in [-0.25, -0.2) is 0 Å². The molecule has 0 saturated carbocycles. The molecule has 1 aromatic rings. The molecule has 0 spiro atoms. The van der Waals surface area contributed by atoms with Gasteiger partial charge in [0.05, 0.1) is 7.11 Å². The van der Waals surface area contributed by atoms with E-state index in [1.807, 2.05) is 0 Å². The molecule has 1 aromatic carbocycles. The average Bonchev–Trinajstić information content (AvgIpc) is 2.17. The molecule has 0 saturated heterocycles. The predicted octanol–water partition coefficient (Wildman–Crippen LogP) is 1.31. The first-order chi connectivity index (χ1) is 6.72. The van der Waals surface area contributed by atoms with Crippen molar-refractivity contribution in [2.75, 3.05) is 7.11 Å². The molecule has 14 heavy (non-hydrogen) atoms. The van der Waals surface area contributed by atoms with Gasteiger partial charge in [0.1, 0.15) is 12.2 Å². The van der Waals surface area contributed by atoms with E-state index in [0.717, 1.165) is 0 Å². The lowest BCUT2D eigenvalue weighted by molar-refractivity contribution is -0.139. The van der Waals surface area contributed by atoms with E-state index in [9.17, 15) is 4.79 Å². The van der Waals surface area contributed by atoms with Gasteiger partial charge in [-0.1, -0.05) is 17.9 Å². The number of phenols is 1. The summed E-state index contributed by atoms with van der Waals surface area (Å²) >= 11 is 0. The Morgan fingerprint density at radius 3 is 3.00 bits per heavy atom. The van der Waals surface area contributed by atoms with Crippen molar-refractivity contribution in [1.29, 1.82) is 0 Å². The number of carbonyl (C=O) groups excluding carboxylic acids is 1. The number of aromatic hydroxyl groups is 1. The Labute approximate surface area is 82.3 Å². The largest absolute Gasteiger partial charge is 0.508 e. The number of ether oxygens (including phenoxy) is 1. The van der Waals surface area contributed by atoms with Crippen LogP contribution < -0.4 is 0 Å². The lowest BCUT2D eigenvalue weighted by atomic mass is 10.2. The van der Waals surface area contributed by atoms with Gasteiger partial charge in [-0.2, -0.15) is 0 Å². The predicted molar refractivity (Wildman–Crippen MR) is 51.6 cm³/mol. The summed E-state index contributed by atoms with van der Waals surface area (Å²) < 4.78 is 4.42. The molecule has 3 heteroatoms. The van der Waals surface area contributed by atoms with Crippen LogP contribution in [0.15, 0.2) is 24.3 Å². The number of hydrogen-bond donors (Lipinski definition) is 1. The van der Waals surface area contributed by atoms with E-state index < -0.39 is 0 Å². The first kappa shape index (κ1) is 10.1. The van der Waals surface area contributed by atoms with Crippen molar-refractivity contribution in [3.8, 4) is 17.6 Å². The molecule has 0 aliphatic heterocycles. The standard InChI is InChI=1S/C11H10O3/c1-14-11(13)7-3-5-9-4-2-6-10(12)8-9/h2,4,6,8,12H,7H2,1H3. The topological polar surface area (TPSA) is 46.5 Å². The van der Waals surface area contributed by atoms with Crippen molar-refractivity contribution < 1.29 is 14.6 Å². The second-order valence-electron chi connectivity index (χ2n) is 2.61. The molecule has 0 radical (unpaired) electrons. The molecule has 0 atom stereocenters. The van der Waals surface area contributed by atoms with Crippen LogP contribution >= 0.6 is 0 Å². The van der Waals surface area contributed by atoms with Gasteiger partial charge in [0.25, 0.3) is 0 Å². The first-order valence-corrected chi connectivity index (χ1v) is 4.07. The zero-order chi connectivity index (χ0) is 10.4. The summed E-state index contributed by atoms with van der Waals surface area (Å²) in [5.41, 5.74) is 0.675. The Morgan fingerprint density at radius 2 is 2.36 bits per heavy atom. The summed E-state index contributed by atoms with van der Waals surface area (Å²) in [6, 6.07) is 6.54. The molecular weight excluding hydrogens is 180 g/mol. The molecule has 0 fully saturated rings. The van der Waals surface area contributed by atoms with E-state index >= 15 is 0 Å². The van der Waals surface area contributed by atoms with Crippen LogP contribution in [0.1, 0.15) is 12.0 Å². The van der Waals surface area contributed by atoms with E-state index in [4.69, 9.17) is 5.11 Å². The van der Waals surface area contributed by atoms with Crippen LogP contribution in [-0.4, -0.2) is 18.2 Å². The molecular formula is C11H10O3. The summed E-state index contributed by atoms with van der Waals surface area (Å²) in [6.45, 7) is 0. The van der Waals surface area contributed by atoms with Crippen molar-refractivity contribution in [1.82, 2.24) is 0 Å². The fourth-order valence-corrected chi connectivity index (χ4v) is 0.874. The number of methoxy groups -OCH3 is 1. The summed E-state index contributed by atoms with van der Waals surface area (Å²) in [5.74, 6) is 5.18. The zero-order valence-electron chi connectivity index (χ0n) is 7.78. The number of benzene rings is 1. The summed E-state index contributed by atoms with van der Waals surface area (Å²) in [7, 11) is 1.32.